The summed E-state index contributed by atoms with van der Waals surface area (Å²) in [6.45, 7) is 4.44. The number of rotatable bonds is 5. The van der Waals surface area contributed by atoms with Crippen LogP contribution in [0.3, 0.4) is 0 Å². The first-order valence-electron chi connectivity index (χ1n) is 11.6. The van der Waals surface area contributed by atoms with E-state index in [0.29, 0.717) is 40.9 Å². The molecule has 0 fully saturated rings. The second kappa shape index (κ2) is 12.4. The number of hydrogen-bond acceptors (Lipinski definition) is 3. The van der Waals surface area contributed by atoms with Crippen LogP contribution in [0.2, 0.25) is 10.0 Å². The minimum absolute atomic E-state index is 0.117. The molecule has 3 aromatic carbocycles. The SMILES string of the molecule is CCCC1c2c(cc(OC)cc2OC)CCN1C(=O)c1ccc(F)cc1F.Cc1cc(Cl)cc(Cl)c1. The third-order valence-electron chi connectivity index (χ3n) is 5.98. The van der Waals surface area contributed by atoms with Crippen LogP contribution in [0.15, 0.2) is 48.5 Å². The van der Waals surface area contributed by atoms with E-state index >= 15 is 0 Å². The molecule has 1 heterocycles. The molecule has 1 unspecified atom stereocenters. The second-order valence-electron chi connectivity index (χ2n) is 8.53. The number of benzene rings is 3. The molecule has 0 radical (unpaired) electrons. The molecule has 0 aliphatic carbocycles. The lowest BCUT2D eigenvalue weighted by atomic mass is 9.88. The van der Waals surface area contributed by atoms with E-state index in [-0.39, 0.29) is 11.6 Å². The summed E-state index contributed by atoms with van der Waals surface area (Å²) in [4.78, 5) is 14.7. The molecule has 0 spiro atoms. The fourth-order valence-electron chi connectivity index (χ4n) is 4.41. The van der Waals surface area contributed by atoms with Crippen LogP contribution in [0.4, 0.5) is 8.78 Å². The van der Waals surface area contributed by atoms with Gasteiger partial charge in [0.05, 0.1) is 25.8 Å². The van der Waals surface area contributed by atoms with Crippen molar-refractivity contribution in [1.82, 2.24) is 4.90 Å². The molecule has 192 valence electrons. The largest absolute Gasteiger partial charge is 0.497 e. The first kappa shape index (κ1) is 27.8. The minimum Gasteiger partial charge on any atom is -0.497 e. The van der Waals surface area contributed by atoms with Gasteiger partial charge in [-0.15, -0.1) is 0 Å². The number of carbonyl (C=O) groups excluding carboxylic acids is 1. The van der Waals surface area contributed by atoms with Crippen molar-refractivity contribution in [2.24, 2.45) is 0 Å². The molecule has 1 amide bonds. The van der Waals surface area contributed by atoms with Crippen molar-refractivity contribution in [2.45, 2.75) is 39.2 Å². The number of carbonyl (C=O) groups is 1. The summed E-state index contributed by atoms with van der Waals surface area (Å²) in [7, 11) is 3.18. The summed E-state index contributed by atoms with van der Waals surface area (Å²) < 4.78 is 38.3. The van der Waals surface area contributed by atoms with Crippen molar-refractivity contribution >= 4 is 29.1 Å². The molecular weight excluding hydrogens is 507 g/mol. The zero-order chi connectivity index (χ0) is 26.4. The van der Waals surface area contributed by atoms with E-state index < -0.39 is 17.5 Å². The molecule has 0 N–H and O–H groups in total. The fourth-order valence-corrected chi connectivity index (χ4v) is 5.04. The molecule has 0 aromatic heterocycles. The average molecular weight is 536 g/mol. The van der Waals surface area contributed by atoms with Gasteiger partial charge in [-0.25, -0.2) is 8.78 Å². The Hall–Kier alpha value is -2.83. The Morgan fingerprint density at radius 2 is 1.72 bits per heavy atom. The maximum absolute atomic E-state index is 14.2. The Bertz CT molecular complexity index is 1170. The van der Waals surface area contributed by atoms with E-state index in [1.54, 1.807) is 31.3 Å². The van der Waals surface area contributed by atoms with Gasteiger partial charge in [-0.05, 0) is 67.3 Å². The van der Waals surface area contributed by atoms with Crippen molar-refractivity contribution in [3.8, 4) is 11.5 Å². The smallest absolute Gasteiger partial charge is 0.257 e. The third-order valence-corrected chi connectivity index (χ3v) is 6.42. The Morgan fingerprint density at radius 1 is 1.03 bits per heavy atom. The number of nitrogens with zero attached hydrogens (tertiary/aromatic N) is 1. The van der Waals surface area contributed by atoms with Crippen molar-refractivity contribution in [3.63, 3.8) is 0 Å². The standard InChI is InChI=1S/C21H23F2NO3.C7H6Cl2/c1-4-5-18-20-13(10-15(26-2)12-19(20)27-3)8-9-24(18)21(25)16-7-6-14(22)11-17(16)23;1-5-2-6(8)4-7(9)3-5/h6-7,10-12,18H,4-5,8-9H2,1-3H3;2-4H,1H3. The topological polar surface area (TPSA) is 38.8 Å². The van der Waals surface area contributed by atoms with E-state index in [1.807, 2.05) is 32.0 Å². The predicted molar refractivity (Wildman–Crippen MR) is 139 cm³/mol. The van der Waals surface area contributed by atoms with Crippen LogP contribution < -0.4 is 9.47 Å². The molecule has 4 rings (SSSR count). The number of amides is 1. The number of fused-ring (bicyclic) bond motifs is 1. The van der Waals surface area contributed by atoms with Crippen molar-refractivity contribution in [3.05, 3.63) is 92.5 Å². The van der Waals surface area contributed by atoms with Gasteiger partial charge in [0.2, 0.25) is 0 Å². The number of methoxy groups -OCH3 is 2. The highest BCUT2D eigenvalue weighted by molar-refractivity contribution is 6.34. The summed E-state index contributed by atoms with van der Waals surface area (Å²) in [5, 5.41) is 1.39. The summed E-state index contributed by atoms with van der Waals surface area (Å²) in [6.07, 6.45) is 2.16. The van der Waals surface area contributed by atoms with Crippen LogP contribution in [0.25, 0.3) is 0 Å². The summed E-state index contributed by atoms with van der Waals surface area (Å²) >= 11 is 11.3. The Labute approximate surface area is 220 Å². The molecule has 0 saturated carbocycles. The van der Waals surface area contributed by atoms with Gasteiger partial charge in [0, 0.05) is 34.3 Å². The molecule has 1 aliphatic rings. The lowest BCUT2D eigenvalue weighted by molar-refractivity contribution is 0.0641. The summed E-state index contributed by atoms with van der Waals surface area (Å²) in [5.41, 5.74) is 2.97. The monoisotopic (exact) mass is 535 g/mol. The maximum atomic E-state index is 14.2. The van der Waals surface area contributed by atoms with Gasteiger partial charge in [-0.3, -0.25) is 4.79 Å². The van der Waals surface area contributed by atoms with Crippen LogP contribution in [0, 0.1) is 18.6 Å². The molecular formula is C28H29Cl2F2NO3. The lowest BCUT2D eigenvalue weighted by Gasteiger charge is -2.38. The molecule has 3 aromatic rings. The van der Waals surface area contributed by atoms with Gasteiger partial charge in [-0.2, -0.15) is 0 Å². The fraction of sp³-hybridized carbons (Fsp3) is 0.321. The van der Waals surface area contributed by atoms with Crippen LogP contribution in [0.1, 0.15) is 52.9 Å². The van der Waals surface area contributed by atoms with Gasteiger partial charge in [0.1, 0.15) is 23.1 Å². The van der Waals surface area contributed by atoms with Gasteiger partial charge >= 0.3 is 0 Å². The number of halogens is 4. The molecule has 36 heavy (non-hydrogen) atoms. The Balaban J connectivity index is 0.000000338. The molecule has 8 heteroatoms. The Kier molecular flexibility index (Phi) is 9.57. The maximum Gasteiger partial charge on any atom is 0.257 e. The number of hydrogen-bond donors (Lipinski definition) is 0. The van der Waals surface area contributed by atoms with Crippen molar-refractivity contribution < 1.29 is 23.0 Å². The van der Waals surface area contributed by atoms with Crippen molar-refractivity contribution in [2.75, 3.05) is 20.8 Å². The molecule has 1 aliphatic heterocycles. The van der Waals surface area contributed by atoms with E-state index in [4.69, 9.17) is 32.7 Å². The van der Waals surface area contributed by atoms with Gasteiger partial charge in [0.15, 0.2) is 0 Å². The predicted octanol–water partition coefficient (Wildman–Crippen LogP) is 7.82. The zero-order valence-corrected chi connectivity index (χ0v) is 22.2. The molecule has 0 bridgehead atoms. The highest BCUT2D eigenvalue weighted by Gasteiger charge is 2.34. The molecule has 1 atom stereocenters. The van der Waals surface area contributed by atoms with Crippen molar-refractivity contribution in [1.29, 1.82) is 0 Å². The highest BCUT2D eigenvalue weighted by atomic mass is 35.5. The van der Waals surface area contributed by atoms with Gasteiger partial charge < -0.3 is 14.4 Å². The Morgan fingerprint density at radius 3 is 2.28 bits per heavy atom. The lowest BCUT2D eigenvalue weighted by Crippen LogP contribution is -2.40. The molecule has 4 nitrogen and oxygen atoms in total. The highest BCUT2D eigenvalue weighted by Crippen LogP contribution is 2.42. The van der Waals surface area contributed by atoms with E-state index in [0.717, 1.165) is 35.2 Å². The summed E-state index contributed by atoms with van der Waals surface area (Å²) in [6, 6.07) is 12.0. The number of ether oxygens (including phenoxy) is 2. The molecule has 0 saturated heterocycles. The van der Waals surface area contributed by atoms with E-state index in [1.165, 1.54) is 6.07 Å². The van der Waals surface area contributed by atoms with Gasteiger partial charge in [0.25, 0.3) is 5.91 Å². The van der Waals surface area contributed by atoms with Crippen LogP contribution in [-0.2, 0) is 6.42 Å². The quantitative estimate of drug-likeness (QED) is 0.334. The van der Waals surface area contributed by atoms with E-state index in [2.05, 4.69) is 0 Å². The average Bonchev–Trinajstić information content (AvgIpc) is 2.82. The first-order chi connectivity index (χ1) is 17.2. The second-order valence-corrected chi connectivity index (χ2v) is 9.40. The van der Waals surface area contributed by atoms with Crippen LogP contribution >= 0.6 is 23.2 Å². The third kappa shape index (κ3) is 6.48. The normalized spacial score (nSPS) is 14.4. The van der Waals surface area contributed by atoms with E-state index in [9.17, 15) is 13.6 Å². The minimum atomic E-state index is -0.845. The zero-order valence-electron chi connectivity index (χ0n) is 20.7. The van der Waals surface area contributed by atoms with Gasteiger partial charge in [-0.1, -0.05) is 36.5 Å². The summed E-state index contributed by atoms with van der Waals surface area (Å²) in [5.74, 6) is -0.630. The number of aryl methyl sites for hydroxylation is 1. The first-order valence-corrected chi connectivity index (χ1v) is 12.4. The van der Waals surface area contributed by atoms with Crippen LogP contribution in [0.5, 0.6) is 11.5 Å². The van der Waals surface area contributed by atoms with Crippen LogP contribution in [-0.4, -0.2) is 31.6 Å².